The van der Waals surface area contributed by atoms with E-state index in [1.807, 2.05) is 11.7 Å². The Hall–Kier alpha value is -2.54. The molecule has 1 unspecified atom stereocenters. The van der Waals surface area contributed by atoms with Crippen LogP contribution in [0.3, 0.4) is 0 Å². The van der Waals surface area contributed by atoms with E-state index in [-0.39, 0.29) is 0 Å². The molecule has 1 aliphatic heterocycles. The number of benzene rings is 1. The molecule has 0 radical (unpaired) electrons. The molecule has 7 nitrogen and oxygen atoms in total. The van der Waals surface area contributed by atoms with E-state index in [1.165, 1.54) is 16.9 Å². The quantitative estimate of drug-likeness (QED) is 0.541. The number of anilines is 1. The molecular formula is C23H37N7. The topological polar surface area (TPSA) is 60.7 Å². The first-order valence-corrected chi connectivity index (χ1v) is 11.0. The summed E-state index contributed by atoms with van der Waals surface area (Å²) in [5.41, 5.74) is 4.77. The molecule has 0 aliphatic carbocycles. The number of piperazine rings is 1. The summed E-state index contributed by atoms with van der Waals surface area (Å²) in [5.74, 6) is 0.870. The number of nitrogens with one attached hydrogen (secondary N) is 2. The van der Waals surface area contributed by atoms with Gasteiger partial charge >= 0.3 is 0 Å². The number of hydrogen-bond donors (Lipinski definition) is 2. The van der Waals surface area contributed by atoms with Crippen LogP contribution in [0.4, 0.5) is 5.69 Å². The van der Waals surface area contributed by atoms with Crippen molar-refractivity contribution in [2.45, 2.75) is 40.3 Å². The van der Waals surface area contributed by atoms with Gasteiger partial charge in [-0.25, -0.2) is 4.99 Å². The SMILES string of the molecule is CCNC(=NCc1c(C)nn(C)c1C)NCC(C)N1CCN(c2ccccc2)CC1. The second-order valence-corrected chi connectivity index (χ2v) is 8.06. The first kappa shape index (κ1) is 22.2. The smallest absolute Gasteiger partial charge is 0.191 e. The molecule has 164 valence electrons. The molecule has 3 rings (SSSR count). The molecule has 1 fully saturated rings. The zero-order valence-corrected chi connectivity index (χ0v) is 19.1. The van der Waals surface area contributed by atoms with Gasteiger partial charge in [0.25, 0.3) is 0 Å². The number of aliphatic imine (C=N–C) groups is 1. The number of hydrogen-bond acceptors (Lipinski definition) is 4. The van der Waals surface area contributed by atoms with Crippen LogP contribution in [0.25, 0.3) is 0 Å². The van der Waals surface area contributed by atoms with Gasteiger partial charge in [0.1, 0.15) is 0 Å². The van der Waals surface area contributed by atoms with Crippen LogP contribution >= 0.6 is 0 Å². The normalized spacial score (nSPS) is 16.6. The second kappa shape index (κ2) is 10.5. The van der Waals surface area contributed by atoms with Crippen molar-refractivity contribution in [3.8, 4) is 0 Å². The van der Waals surface area contributed by atoms with Crippen molar-refractivity contribution in [3.05, 3.63) is 47.3 Å². The van der Waals surface area contributed by atoms with Crippen molar-refractivity contribution in [2.75, 3.05) is 44.2 Å². The fraction of sp³-hybridized carbons (Fsp3) is 0.565. The molecule has 0 spiro atoms. The third-order valence-corrected chi connectivity index (χ3v) is 6.02. The van der Waals surface area contributed by atoms with E-state index < -0.39 is 0 Å². The number of para-hydroxylation sites is 1. The molecule has 1 atom stereocenters. The molecule has 0 saturated carbocycles. The Kier molecular flexibility index (Phi) is 7.74. The maximum absolute atomic E-state index is 4.80. The highest BCUT2D eigenvalue weighted by molar-refractivity contribution is 5.79. The molecular weight excluding hydrogens is 374 g/mol. The number of aromatic nitrogens is 2. The summed E-state index contributed by atoms with van der Waals surface area (Å²) < 4.78 is 1.93. The van der Waals surface area contributed by atoms with Crippen molar-refractivity contribution in [3.63, 3.8) is 0 Å². The monoisotopic (exact) mass is 411 g/mol. The lowest BCUT2D eigenvalue weighted by atomic mass is 10.2. The third kappa shape index (κ3) is 5.53. The molecule has 1 aromatic carbocycles. The van der Waals surface area contributed by atoms with Gasteiger partial charge in [-0.15, -0.1) is 0 Å². The van der Waals surface area contributed by atoms with E-state index in [4.69, 9.17) is 4.99 Å². The lowest BCUT2D eigenvalue weighted by Crippen LogP contribution is -2.53. The zero-order valence-electron chi connectivity index (χ0n) is 19.1. The van der Waals surface area contributed by atoms with Crippen molar-refractivity contribution in [1.82, 2.24) is 25.3 Å². The third-order valence-electron chi connectivity index (χ3n) is 6.02. The van der Waals surface area contributed by atoms with Crippen LogP contribution in [-0.4, -0.2) is 66.0 Å². The first-order chi connectivity index (χ1) is 14.5. The fourth-order valence-corrected chi connectivity index (χ4v) is 3.98. The van der Waals surface area contributed by atoms with Crippen LogP contribution < -0.4 is 15.5 Å². The van der Waals surface area contributed by atoms with Crippen LogP contribution in [0.1, 0.15) is 30.8 Å². The van der Waals surface area contributed by atoms with Gasteiger partial charge in [0, 0.05) is 69.3 Å². The molecule has 0 bridgehead atoms. The minimum Gasteiger partial charge on any atom is -0.369 e. The number of rotatable bonds is 7. The summed E-state index contributed by atoms with van der Waals surface area (Å²) in [6.07, 6.45) is 0. The van der Waals surface area contributed by atoms with E-state index in [2.05, 4.69) is 83.6 Å². The Balaban J connectivity index is 1.51. The van der Waals surface area contributed by atoms with E-state index in [0.29, 0.717) is 12.6 Å². The van der Waals surface area contributed by atoms with Gasteiger partial charge in [0.05, 0.1) is 12.2 Å². The van der Waals surface area contributed by atoms with Crippen LogP contribution in [0.15, 0.2) is 35.3 Å². The summed E-state index contributed by atoms with van der Waals surface area (Å²) in [6.45, 7) is 15.2. The van der Waals surface area contributed by atoms with Crippen LogP contribution in [-0.2, 0) is 13.6 Å². The average Bonchev–Trinajstić information content (AvgIpc) is 3.01. The minimum atomic E-state index is 0.452. The lowest BCUT2D eigenvalue weighted by Gasteiger charge is -2.39. The number of nitrogens with zero attached hydrogens (tertiary/aromatic N) is 5. The van der Waals surface area contributed by atoms with E-state index in [9.17, 15) is 0 Å². The minimum absolute atomic E-state index is 0.452. The van der Waals surface area contributed by atoms with Gasteiger partial charge in [-0.1, -0.05) is 18.2 Å². The summed E-state index contributed by atoms with van der Waals surface area (Å²) in [6, 6.07) is 11.2. The number of guanidine groups is 1. The van der Waals surface area contributed by atoms with Gasteiger partial charge in [0.2, 0.25) is 0 Å². The molecule has 7 heteroatoms. The summed E-state index contributed by atoms with van der Waals surface area (Å²) in [4.78, 5) is 9.84. The van der Waals surface area contributed by atoms with Crippen LogP contribution in [0.2, 0.25) is 0 Å². The van der Waals surface area contributed by atoms with Crippen molar-refractivity contribution in [1.29, 1.82) is 0 Å². The van der Waals surface area contributed by atoms with Crippen LogP contribution in [0.5, 0.6) is 0 Å². The largest absolute Gasteiger partial charge is 0.369 e. The Morgan fingerprint density at radius 1 is 1.10 bits per heavy atom. The molecule has 0 amide bonds. The van der Waals surface area contributed by atoms with Crippen molar-refractivity contribution in [2.24, 2.45) is 12.0 Å². The standard InChI is InChI=1S/C23H37N7/c1-6-24-23(26-17-22-19(3)27-28(5)20(22)4)25-16-18(2)29-12-14-30(15-13-29)21-10-8-7-9-11-21/h7-11,18H,6,12-17H2,1-5H3,(H2,24,25,26). The fourth-order valence-electron chi connectivity index (χ4n) is 3.98. The van der Waals surface area contributed by atoms with Crippen molar-refractivity contribution >= 4 is 11.6 Å². The first-order valence-electron chi connectivity index (χ1n) is 11.0. The Bertz CT molecular complexity index is 820. The molecule has 2 N–H and O–H groups in total. The van der Waals surface area contributed by atoms with E-state index in [0.717, 1.165) is 50.9 Å². The maximum atomic E-state index is 4.80. The molecule has 2 aromatic rings. The lowest BCUT2D eigenvalue weighted by molar-refractivity contribution is 0.197. The molecule has 30 heavy (non-hydrogen) atoms. The molecule has 1 aliphatic rings. The maximum Gasteiger partial charge on any atom is 0.191 e. The molecule has 1 saturated heterocycles. The second-order valence-electron chi connectivity index (χ2n) is 8.06. The Morgan fingerprint density at radius 2 is 1.80 bits per heavy atom. The summed E-state index contributed by atoms with van der Waals surface area (Å²) >= 11 is 0. The van der Waals surface area contributed by atoms with E-state index in [1.54, 1.807) is 0 Å². The highest BCUT2D eigenvalue weighted by Crippen LogP contribution is 2.16. The van der Waals surface area contributed by atoms with Gasteiger partial charge < -0.3 is 15.5 Å². The molecule has 1 aromatic heterocycles. The van der Waals surface area contributed by atoms with Crippen LogP contribution in [0, 0.1) is 13.8 Å². The number of aryl methyl sites for hydroxylation is 2. The highest BCUT2D eigenvalue weighted by Gasteiger charge is 2.21. The van der Waals surface area contributed by atoms with Gasteiger partial charge in [0.15, 0.2) is 5.96 Å². The zero-order chi connectivity index (χ0) is 21.5. The van der Waals surface area contributed by atoms with Crippen molar-refractivity contribution < 1.29 is 0 Å². The predicted molar refractivity (Wildman–Crippen MR) is 125 cm³/mol. The summed E-state index contributed by atoms with van der Waals surface area (Å²) in [5, 5.41) is 11.4. The predicted octanol–water partition coefficient (Wildman–Crippen LogP) is 2.30. The highest BCUT2D eigenvalue weighted by atomic mass is 15.3. The van der Waals surface area contributed by atoms with E-state index >= 15 is 0 Å². The average molecular weight is 412 g/mol. The Labute approximate surface area is 181 Å². The molecule has 2 heterocycles. The Morgan fingerprint density at radius 3 is 2.40 bits per heavy atom. The van der Waals surface area contributed by atoms with Gasteiger partial charge in [-0.2, -0.15) is 5.10 Å². The van der Waals surface area contributed by atoms with Gasteiger partial charge in [-0.3, -0.25) is 9.58 Å². The van der Waals surface area contributed by atoms with Gasteiger partial charge in [-0.05, 0) is 39.8 Å². The summed E-state index contributed by atoms with van der Waals surface area (Å²) in [7, 11) is 1.98.